The number of fused-ring (bicyclic) bond motifs is 2. The summed E-state index contributed by atoms with van der Waals surface area (Å²) in [4.78, 5) is 59.4. The van der Waals surface area contributed by atoms with E-state index >= 15 is 0 Å². The average Bonchev–Trinajstić information content (AvgIpc) is 4.01. The fraction of sp³-hybridized carbons (Fsp3) is 0.375. The number of carbonyl (C=O) groups excluding carboxylic acids is 4. The number of hydrogen-bond acceptors (Lipinski definition) is 12. The van der Waals surface area contributed by atoms with Crippen molar-refractivity contribution in [2.75, 3.05) is 0 Å². The van der Waals surface area contributed by atoms with Gasteiger partial charge in [0.2, 0.25) is 0 Å². The van der Waals surface area contributed by atoms with Crippen LogP contribution in [0, 0.1) is 24.7 Å². The zero-order valence-electron chi connectivity index (χ0n) is 35.3. The third-order valence-corrected chi connectivity index (χ3v) is 12.2. The molecule has 2 aromatic carbocycles. The van der Waals surface area contributed by atoms with E-state index in [1.807, 2.05) is 52.0 Å². The van der Waals surface area contributed by atoms with Crippen molar-refractivity contribution in [1.82, 2.24) is 0 Å². The van der Waals surface area contributed by atoms with Gasteiger partial charge < -0.3 is 28.0 Å². The lowest BCUT2D eigenvalue weighted by Crippen LogP contribution is -2.26. The first-order valence-electron chi connectivity index (χ1n) is 20.2. The standard InChI is InChI=1S/2C24H25NO5/c2*1-14-7-9-17(10-8-14)22(26)30-25-16(3)19-12-18(13-28-19)21-24(4)11-5-6-15(2)20(24)23(27)29-21/h2*7-10,12-13,21H,5-6,11H2,1-4H3/b2*25-16+/t2*21-,24+/m00/s1. The number of rotatable bonds is 8. The number of benzene rings is 2. The van der Waals surface area contributed by atoms with Crippen LogP contribution in [-0.2, 0) is 28.7 Å². The molecule has 4 aromatic rings. The number of furan rings is 2. The van der Waals surface area contributed by atoms with E-state index in [-0.39, 0.29) is 22.8 Å². The van der Waals surface area contributed by atoms with Crippen molar-refractivity contribution >= 4 is 35.3 Å². The van der Waals surface area contributed by atoms with Crippen molar-refractivity contribution in [3.8, 4) is 0 Å². The molecule has 60 heavy (non-hydrogen) atoms. The molecule has 2 fully saturated rings. The summed E-state index contributed by atoms with van der Waals surface area (Å²) in [6.45, 7) is 15.5. The predicted octanol–water partition coefficient (Wildman–Crippen LogP) is 10.5. The van der Waals surface area contributed by atoms with Gasteiger partial charge in [0.25, 0.3) is 0 Å². The van der Waals surface area contributed by atoms with E-state index < -0.39 is 24.1 Å². The van der Waals surface area contributed by atoms with Crippen molar-refractivity contribution in [2.45, 2.75) is 106 Å². The lowest BCUT2D eigenvalue weighted by atomic mass is 9.68. The van der Waals surface area contributed by atoms with Crippen LogP contribution in [0.15, 0.2) is 115 Å². The third kappa shape index (κ3) is 8.15. The van der Waals surface area contributed by atoms with Crippen molar-refractivity contribution in [3.63, 3.8) is 0 Å². The number of oxime groups is 2. The molecule has 0 amide bonds. The number of aryl methyl sites for hydroxylation is 2. The van der Waals surface area contributed by atoms with Gasteiger partial charge in [-0.25, -0.2) is 19.2 Å². The van der Waals surface area contributed by atoms with Gasteiger partial charge in [-0.05, 0) is 116 Å². The molecule has 12 nitrogen and oxygen atoms in total. The minimum atomic E-state index is -0.536. The SMILES string of the molecule is CC1=C2C(=O)O[C@@H](c3coc(/C(C)=N/OC(=O)c4ccc(C)cc4)c3)[C@]2(C)CCC1.CC1=C2C(=O)O[C@@H](c3coc(/C(C)=N/OC(=O)c4ccc(C)cc4)c3)[C@]2(C)CCC1. The van der Waals surface area contributed by atoms with E-state index in [0.29, 0.717) is 34.1 Å². The average molecular weight is 815 g/mol. The van der Waals surface area contributed by atoms with Crippen molar-refractivity contribution in [2.24, 2.45) is 21.1 Å². The number of nitrogens with zero attached hydrogens (tertiary/aromatic N) is 2. The van der Waals surface area contributed by atoms with Crippen LogP contribution in [0.2, 0.25) is 0 Å². The van der Waals surface area contributed by atoms with Gasteiger partial charge in [-0.1, -0.05) is 70.7 Å². The Morgan fingerprint density at radius 2 is 0.983 bits per heavy atom. The van der Waals surface area contributed by atoms with E-state index in [9.17, 15) is 19.2 Å². The normalized spacial score (nSPS) is 23.9. The second kappa shape index (κ2) is 16.8. The number of allylic oxidation sites excluding steroid dienone is 2. The van der Waals surface area contributed by atoms with Crippen LogP contribution >= 0.6 is 0 Å². The second-order valence-corrected chi connectivity index (χ2v) is 16.8. The largest absolute Gasteiger partial charge is 0.463 e. The van der Waals surface area contributed by atoms with Crippen LogP contribution in [0.5, 0.6) is 0 Å². The maximum Gasteiger partial charge on any atom is 0.365 e. The lowest BCUT2D eigenvalue weighted by molar-refractivity contribution is -0.141. The Kier molecular flexibility index (Phi) is 11.7. The highest BCUT2D eigenvalue weighted by molar-refractivity contribution is 5.99. The summed E-state index contributed by atoms with van der Waals surface area (Å²) in [5.74, 6) is -0.617. The summed E-state index contributed by atoms with van der Waals surface area (Å²) >= 11 is 0. The number of esters is 2. The molecular formula is C48H50N2O10. The first kappa shape index (κ1) is 41.8. The molecule has 0 bridgehead atoms. The van der Waals surface area contributed by atoms with E-state index in [2.05, 4.69) is 24.2 Å². The summed E-state index contributed by atoms with van der Waals surface area (Å²) in [5.41, 5.74) is 8.49. The maximum atomic E-state index is 12.5. The summed E-state index contributed by atoms with van der Waals surface area (Å²) in [5, 5.41) is 7.83. The fourth-order valence-corrected chi connectivity index (χ4v) is 8.87. The minimum Gasteiger partial charge on any atom is -0.463 e. The van der Waals surface area contributed by atoms with Gasteiger partial charge in [0.05, 0.1) is 23.7 Å². The number of hydrogen-bond donors (Lipinski definition) is 0. The van der Waals surface area contributed by atoms with Gasteiger partial charge in [-0.15, -0.1) is 0 Å². The Bertz CT molecular complexity index is 2290. The smallest absolute Gasteiger partial charge is 0.365 e. The molecule has 12 heteroatoms. The van der Waals surface area contributed by atoms with Crippen molar-refractivity contribution < 1.29 is 47.2 Å². The van der Waals surface area contributed by atoms with Gasteiger partial charge in [-0.2, -0.15) is 0 Å². The molecule has 4 atom stereocenters. The molecule has 0 spiro atoms. The molecule has 2 saturated heterocycles. The van der Waals surface area contributed by atoms with Gasteiger partial charge in [0, 0.05) is 33.1 Å². The summed E-state index contributed by atoms with van der Waals surface area (Å²) < 4.78 is 22.8. The third-order valence-electron chi connectivity index (χ3n) is 12.2. The van der Waals surface area contributed by atoms with Crippen LogP contribution in [0.1, 0.15) is 147 Å². The molecule has 0 saturated carbocycles. The van der Waals surface area contributed by atoms with Gasteiger partial charge >= 0.3 is 23.9 Å². The topological polar surface area (TPSA) is 156 Å². The monoisotopic (exact) mass is 814 g/mol. The first-order chi connectivity index (χ1) is 28.6. The molecule has 2 aromatic heterocycles. The van der Waals surface area contributed by atoms with Crippen LogP contribution < -0.4 is 0 Å². The molecule has 2 aliphatic carbocycles. The Morgan fingerprint density at radius 3 is 1.35 bits per heavy atom. The number of cyclic esters (lactones) is 2. The van der Waals surface area contributed by atoms with Crippen LogP contribution in [0.25, 0.3) is 0 Å². The summed E-state index contributed by atoms with van der Waals surface area (Å²) in [7, 11) is 0. The fourth-order valence-electron chi connectivity index (χ4n) is 8.87. The lowest BCUT2D eigenvalue weighted by Gasteiger charge is -2.33. The highest BCUT2D eigenvalue weighted by Crippen LogP contribution is 2.57. The molecule has 2 aliphatic heterocycles. The van der Waals surface area contributed by atoms with Crippen LogP contribution in [0.4, 0.5) is 0 Å². The molecule has 4 aliphatic rings. The zero-order valence-corrected chi connectivity index (χ0v) is 35.3. The highest BCUT2D eigenvalue weighted by Gasteiger charge is 2.54. The molecule has 0 unspecified atom stereocenters. The van der Waals surface area contributed by atoms with E-state index in [0.717, 1.165) is 83.1 Å². The second-order valence-electron chi connectivity index (χ2n) is 16.8. The Morgan fingerprint density at radius 1 is 0.617 bits per heavy atom. The molecule has 0 radical (unpaired) electrons. The molecular weight excluding hydrogens is 765 g/mol. The van der Waals surface area contributed by atoms with E-state index in [4.69, 9.17) is 28.0 Å². The van der Waals surface area contributed by atoms with E-state index in [1.165, 1.54) is 0 Å². The first-order valence-corrected chi connectivity index (χ1v) is 20.2. The van der Waals surface area contributed by atoms with Crippen molar-refractivity contribution in [1.29, 1.82) is 0 Å². The summed E-state index contributed by atoms with van der Waals surface area (Å²) in [6.07, 6.45) is 8.08. The minimum absolute atomic E-state index is 0.236. The highest BCUT2D eigenvalue weighted by atomic mass is 16.7. The number of ether oxygens (including phenoxy) is 2. The van der Waals surface area contributed by atoms with Crippen molar-refractivity contribution in [3.05, 3.63) is 140 Å². The van der Waals surface area contributed by atoms with Gasteiger partial charge in [-0.3, -0.25) is 0 Å². The predicted molar refractivity (Wildman–Crippen MR) is 222 cm³/mol. The van der Waals surface area contributed by atoms with Crippen LogP contribution in [-0.4, -0.2) is 35.3 Å². The van der Waals surface area contributed by atoms with E-state index in [1.54, 1.807) is 62.8 Å². The molecule has 0 N–H and O–H groups in total. The molecule has 8 rings (SSSR count). The van der Waals surface area contributed by atoms with Crippen LogP contribution in [0.3, 0.4) is 0 Å². The van der Waals surface area contributed by atoms with Gasteiger partial charge in [0.15, 0.2) is 11.5 Å². The Balaban J connectivity index is 0.000000181. The molecule has 312 valence electrons. The Hall–Kier alpha value is -6.30. The Labute approximate surface area is 349 Å². The summed E-state index contributed by atoms with van der Waals surface area (Å²) in [6, 6.07) is 17.7. The quantitative estimate of drug-likeness (QED) is 0.0726. The number of carbonyl (C=O) groups is 4. The van der Waals surface area contributed by atoms with Gasteiger partial charge in [0.1, 0.15) is 23.6 Å². The zero-order chi connectivity index (χ0) is 42.9. The molecule has 4 heterocycles. The maximum absolute atomic E-state index is 12.5.